The molecular formula is C12H18O2. The monoisotopic (exact) mass is 194 g/mol. The Bertz CT molecular complexity index is 241. The van der Waals surface area contributed by atoms with Crippen molar-refractivity contribution in [2.24, 2.45) is 0 Å². The summed E-state index contributed by atoms with van der Waals surface area (Å²) in [5.41, 5.74) is 0.489. The molecule has 0 amide bonds. The van der Waals surface area contributed by atoms with Crippen molar-refractivity contribution >= 4 is 5.97 Å². The van der Waals surface area contributed by atoms with Gasteiger partial charge in [0.2, 0.25) is 0 Å². The van der Waals surface area contributed by atoms with Crippen LogP contribution in [0.25, 0.3) is 0 Å². The van der Waals surface area contributed by atoms with Crippen molar-refractivity contribution in [3.8, 4) is 0 Å². The lowest BCUT2D eigenvalue weighted by Gasteiger charge is -2.18. The molecule has 0 spiro atoms. The first-order valence-corrected chi connectivity index (χ1v) is 5.21. The van der Waals surface area contributed by atoms with Crippen molar-refractivity contribution < 1.29 is 9.53 Å². The predicted molar refractivity (Wildman–Crippen MR) is 56.9 cm³/mol. The molecule has 1 rings (SSSR count). The van der Waals surface area contributed by atoms with Gasteiger partial charge in [-0.25, -0.2) is 4.79 Å². The predicted octanol–water partition coefficient (Wildman–Crippen LogP) is 2.99. The number of carbonyl (C=O) groups is 1. The Morgan fingerprint density at radius 3 is 2.79 bits per heavy atom. The van der Waals surface area contributed by atoms with E-state index < -0.39 is 0 Å². The standard InChI is InChI=1S/C12H18O2/c1-10(2)12(13)14-11-8-6-4-3-5-7-9-11/h3-4,11H,1,5-9H2,2H3/b4-3-. The van der Waals surface area contributed by atoms with Gasteiger partial charge in [-0.2, -0.15) is 0 Å². The molecule has 2 nitrogen and oxygen atoms in total. The molecule has 1 aliphatic rings. The van der Waals surface area contributed by atoms with Crippen molar-refractivity contribution in [1.82, 2.24) is 0 Å². The van der Waals surface area contributed by atoms with Gasteiger partial charge in [0, 0.05) is 5.57 Å². The van der Waals surface area contributed by atoms with Crippen LogP contribution in [-0.4, -0.2) is 12.1 Å². The van der Waals surface area contributed by atoms with Crippen LogP contribution in [0.5, 0.6) is 0 Å². The van der Waals surface area contributed by atoms with Crippen LogP contribution in [0.3, 0.4) is 0 Å². The lowest BCUT2D eigenvalue weighted by atomic mass is 10.0. The summed E-state index contributed by atoms with van der Waals surface area (Å²) in [6, 6.07) is 0. The zero-order valence-corrected chi connectivity index (χ0v) is 8.79. The van der Waals surface area contributed by atoms with E-state index in [9.17, 15) is 4.79 Å². The van der Waals surface area contributed by atoms with E-state index in [4.69, 9.17) is 4.74 Å². The van der Waals surface area contributed by atoms with E-state index in [2.05, 4.69) is 18.7 Å². The number of allylic oxidation sites excluding steroid dienone is 2. The summed E-state index contributed by atoms with van der Waals surface area (Å²) in [7, 11) is 0. The van der Waals surface area contributed by atoms with E-state index in [0.717, 1.165) is 32.1 Å². The van der Waals surface area contributed by atoms with Gasteiger partial charge in [-0.1, -0.05) is 18.7 Å². The third kappa shape index (κ3) is 3.77. The minimum Gasteiger partial charge on any atom is -0.459 e. The smallest absolute Gasteiger partial charge is 0.333 e. The summed E-state index contributed by atoms with van der Waals surface area (Å²) in [6.07, 6.45) is 9.58. The number of ether oxygens (including phenoxy) is 1. The van der Waals surface area contributed by atoms with E-state index in [1.54, 1.807) is 6.92 Å². The SMILES string of the molecule is C=C(C)C(=O)OC1CC/C=C\CCC1. The van der Waals surface area contributed by atoms with Gasteiger partial charge in [0.15, 0.2) is 0 Å². The molecule has 14 heavy (non-hydrogen) atoms. The second-order valence-corrected chi connectivity index (χ2v) is 3.79. The van der Waals surface area contributed by atoms with Crippen molar-refractivity contribution in [1.29, 1.82) is 0 Å². The quantitative estimate of drug-likeness (QED) is 0.384. The molecule has 0 aliphatic heterocycles. The number of rotatable bonds is 2. The minimum atomic E-state index is -0.250. The van der Waals surface area contributed by atoms with Gasteiger partial charge in [0.1, 0.15) is 6.10 Å². The number of esters is 1. The maximum atomic E-state index is 11.3. The fourth-order valence-electron chi connectivity index (χ4n) is 1.50. The number of hydrogen-bond acceptors (Lipinski definition) is 2. The van der Waals surface area contributed by atoms with E-state index in [-0.39, 0.29) is 12.1 Å². The lowest BCUT2D eigenvalue weighted by molar-refractivity contribution is -0.144. The molecule has 2 heteroatoms. The van der Waals surface area contributed by atoms with Gasteiger partial charge in [-0.3, -0.25) is 0 Å². The molecule has 78 valence electrons. The molecule has 0 aromatic rings. The van der Waals surface area contributed by atoms with Crippen LogP contribution < -0.4 is 0 Å². The van der Waals surface area contributed by atoms with E-state index >= 15 is 0 Å². The molecule has 0 heterocycles. The van der Waals surface area contributed by atoms with E-state index in [1.165, 1.54) is 0 Å². The highest BCUT2D eigenvalue weighted by molar-refractivity contribution is 5.87. The van der Waals surface area contributed by atoms with Crippen molar-refractivity contribution in [3.63, 3.8) is 0 Å². The minimum absolute atomic E-state index is 0.0872. The molecule has 0 aromatic heterocycles. The number of hydrogen-bond donors (Lipinski definition) is 0. The Labute approximate surface area is 85.6 Å². The molecule has 0 N–H and O–H groups in total. The fraction of sp³-hybridized carbons (Fsp3) is 0.583. The van der Waals surface area contributed by atoms with Gasteiger partial charge in [0.05, 0.1) is 0 Å². The van der Waals surface area contributed by atoms with Gasteiger partial charge >= 0.3 is 5.97 Å². The second kappa shape index (κ2) is 5.63. The highest BCUT2D eigenvalue weighted by Crippen LogP contribution is 2.16. The molecular weight excluding hydrogens is 176 g/mol. The van der Waals surface area contributed by atoms with Crippen molar-refractivity contribution in [3.05, 3.63) is 24.3 Å². The Hall–Kier alpha value is -1.05. The van der Waals surface area contributed by atoms with Gasteiger partial charge in [0.25, 0.3) is 0 Å². The first kappa shape index (κ1) is 11.0. The molecule has 1 unspecified atom stereocenters. The molecule has 0 saturated heterocycles. The molecule has 1 aliphatic carbocycles. The maximum Gasteiger partial charge on any atom is 0.333 e. The normalized spacial score (nSPS) is 24.5. The zero-order chi connectivity index (χ0) is 10.4. The summed E-state index contributed by atoms with van der Waals surface area (Å²) in [6.45, 7) is 5.26. The van der Waals surface area contributed by atoms with Crippen LogP contribution in [-0.2, 0) is 9.53 Å². The highest BCUT2D eigenvalue weighted by Gasteiger charge is 2.14. The van der Waals surface area contributed by atoms with Crippen molar-refractivity contribution in [2.45, 2.75) is 45.1 Å². The summed E-state index contributed by atoms with van der Waals surface area (Å²) >= 11 is 0. The first-order chi connectivity index (χ1) is 6.70. The average molecular weight is 194 g/mol. The molecule has 1 atom stereocenters. The van der Waals surface area contributed by atoms with Crippen LogP contribution in [0.2, 0.25) is 0 Å². The molecule has 0 bridgehead atoms. The van der Waals surface area contributed by atoms with Crippen LogP contribution in [0.4, 0.5) is 0 Å². The highest BCUT2D eigenvalue weighted by atomic mass is 16.5. The van der Waals surface area contributed by atoms with Crippen LogP contribution in [0.15, 0.2) is 24.3 Å². The zero-order valence-electron chi connectivity index (χ0n) is 8.79. The van der Waals surface area contributed by atoms with Crippen LogP contribution >= 0.6 is 0 Å². The topological polar surface area (TPSA) is 26.3 Å². The molecule has 0 aromatic carbocycles. The molecule has 0 saturated carbocycles. The van der Waals surface area contributed by atoms with Gasteiger partial charge in [-0.05, 0) is 39.0 Å². The molecule has 0 radical (unpaired) electrons. The largest absolute Gasteiger partial charge is 0.459 e. The van der Waals surface area contributed by atoms with Crippen LogP contribution in [0.1, 0.15) is 39.0 Å². The van der Waals surface area contributed by atoms with Gasteiger partial charge < -0.3 is 4.74 Å². The van der Waals surface area contributed by atoms with E-state index in [0.29, 0.717) is 5.57 Å². The van der Waals surface area contributed by atoms with Crippen molar-refractivity contribution in [2.75, 3.05) is 0 Å². The first-order valence-electron chi connectivity index (χ1n) is 5.21. The third-order valence-corrected chi connectivity index (χ3v) is 2.34. The second-order valence-electron chi connectivity index (χ2n) is 3.79. The number of carbonyl (C=O) groups excluding carboxylic acids is 1. The maximum absolute atomic E-state index is 11.3. The summed E-state index contributed by atoms with van der Waals surface area (Å²) in [5, 5.41) is 0. The Kier molecular flexibility index (Phi) is 4.44. The third-order valence-electron chi connectivity index (χ3n) is 2.34. The summed E-state index contributed by atoms with van der Waals surface area (Å²) in [4.78, 5) is 11.3. The molecule has 0 fully saturated rings. The fourth-order valence-corrected chi connectivity index (χ4v) is 1.50. The Morgan fingerprint density at radius 1 is 1.36 bits per heavy atom. The average Bonchev–Trinajstić information content (AvgIpc) is 2.08. The van der Waals surface area contributed by atoms with Crippen LogP contribution in [0, 0.1) is 0 Å². The summed E-state index contributed by atoms with van der Waals surface area (Å²) in [5.74, 6) is -0.250. The Balaban J connectivity index is 2.39. The Morgan fingerprint density at radius 2 is 2.07 bits per heavy atom. The van der Waals surface area contributed by atoms with Gasteiger partial charge in [-0.15, -0.1) is 0 Å². The summed E-state index contributed by atoms with van der Waals surface area (Å²) < 4.78 is 5.32. The lowest BCUT2D eigenvalue weighted by Crippen LogP contribution is -2.19. The van der Waals surface area contributed by atoms with E-state index in [1.807, 2.05) is 0 Å².